The van der Waals surface area contributed by atoms with Crippen LogP contribution in [0, 0.1) is 12.7 Å². The summed E-state index contributed by atoms with van der Waals surface area (Å²) in [5.41, 5.74) is 2.07. The first-order valence-corrected chi connectivity index (χ1v) is 5.58. The highest BCUT2D eigenvalue weighted by Gasteiger charge is 2.06. The molecule has 0 heterocycles. The molecule has 0 N–H and O–H groups in total. The second kappa shape index (κ2) is 5.59. The van der Waals surface area contributed by atoms with Gasteiger partial charge in [-0.05, 0) is 37.5 Å². The molecule has 0 radical (unpaired) electrons. The van der Waals surface area contributed by atoms with Gasteiger partial charge < -0.3 is 0 Å². The van der Waals surface area contributed by atoms with E-state index >= 15 is 0 Å². The predicted octanol–water partition coefficient (Wildman–Crippen LogP) is 4.06. The van der Waals surface area contributed by atoms with Gasteiger partial charge in [-0.1, -0.05) is 31.6 Å². The van der Waals surface area contributed by atoms with Crippen LogP contribution < -0.4 is 0 Å². The second-order valence-electron chi connectivity index (χ2n) is 3.84. The van der Waals surface area contributed by atoms with Crippen LogP contribution in [0.3, 0.4) is 0 Å². The first kappa shape index (κ1) is 12.6. The number of rotatable bonds is 4. The molecule has 0 atom stereocenters. The Kier molecular flexibility index (Phi) is 4.41. The van der Waals surface area contributed by atoms with E-state index in [9.17, 15) is 9.18 Å². The topological polar surface area (TPSA) is 17.1 Å². The highest BCUT2D eigenvalue weighted by Crippen LogP contribution is 2.13. The zero-order valence-corrected chi connectivity index (χ0v) is 10.0. The average molecular weight is 220 g/mol. The molecule has 0 aliphatic heterocycles. The molecule has 0 amide bonds. The van der Waals surface area contributed by atoms with E-state index in [1.54, 1.807) is 25.1 Å². The van der Waals surface area contributed by atoms with Crippen LogP contribution in [0.25, 0.3) is 0 Å². The Morgan fingerprint density at radius 1 is 1.31 bits per heavy atom. The summed E-state index contributed by atoms with van der Waals surface area (Å²) in [6.45, 7) is 5.71. The predicted molar refractivity (Wildman–Crippen MR) is 64.1 cm³/mol. The van der Waals surface area contributed by atoms with E-state index in [4.69, 9.17) is 0 Å². The lowest BCUT2D eigenvalue weighted by atomic mass is 10.0. The fourth-order valence-corrected chi connectivity index (χ4v) is 1.47. The lowest BCUT2D eigenvalue weighted by molar-refractivity contribution is 0.104. The maximum atomic E-state index is 13.3. The van der Waals surface area contributed by atoms with E-state index in [1.807, 2.05) is 13.8 Å². The maximum absolute atomic E-state index is 13.3. The Labute approximate surface area is 96.0 Å². The van der Waals surface area contributed by atoms with Crippen molar-refractivity contribution in [1.82, 2.24) is 0 Å². The number of halogens is 1. The van der Waals surface area contributed by atoms with Crippen molar-refractivity contribution in [2.24, 2.45) is 0 Å². The SMILES string of the molecule is CCC(=CC(=O)c1ccc(C)c(F)c1)CC. The number of ketones is 1. The first-order valence-electron chi connectivity index (χ1n) is 5.58. The third-order valence-electron chi connectivity index (χ3n) is 2.70. The Morgan fingerprint density at radius 2 is 1.94 bits per heavy atom. The Balaban J connectivity index is 2.97. The molecule has 0 spiro atoms. The number of benzene rings is 1. The fourth-order valence-electron chi connectivity index (χ4n) is 1.47. The van der Waals surface area contributed by atoms with Gasteiger partial charge in [0.1, 0.15) is 5.82 Å². The van der Waals surface area contributed by atoms with Crippen molar-refractivity contribution in [1.29, 1.82) is 0 Å². The van der Waals surface area contributed by atoms with Crippen LogP contribution in [0.2, 0.25) is 0 Å². The van der Waals surface area contributed by atoms with Gasteiger partial charge >= 0.3 is 0 Å². The Morgan fingerprint density at radius 3 is 2.44 bits per heavy atom. The summed E-state index contributed by atoms with van der Waals surface area (Å²) in [6.07, 6.45) is 3.33. The van der Waals surface area contributed by atoms with Crippen LogP contribution in [-0.4, -0.2) is 5.78 Å². The summed E-state index contributed by atoms with van der Waals surface area (Å²) in [6, 6.07) is 4.60. The molecule has 0 unspecified atom stereocenters. The van der Waals surface area contributed by atoms with E-state index in [0.717, 1.165) is 18.4 Å². The van der Waals surface area contributed by atoms with Gasteiger partial charge in [-0.25, -0.2) is 4.39 Å². The Hall–Kier alpha value is -1.44. The van der Waals surface area contributed by atoms with Crippen LogP contribution >= 0.6 is 0 Å². The zero-order chi connectivity index (χ0) is 12.1. The van der Waals surface area contributed by atoms with Gasteiger partial charge in [-0.3, -0.25) is 4.79 Å². The maximum Gasteiger partial charge on any atom is 0.185 e. The van der Waals surface area contributed by atoms with E-state index in [2.05, 4.69) is 0 Å². The molecule has 0 aliphatic rings. The molecule has 0 aliphatic carbocycles. The molecule has 0 aromatic heterocycles. The number of allylic oxidation sites excluding steroid dienone is 2. The molecule has 0 fully saturated rings. The van der Waals surface area contributed by atoms with Crippen LogP contribution in [0.5, 0.6) is 0 Å². The smallest absolute Gasteiger partial charge is 0.185 e. The van der Waals surface area contributed by atoms with Crippen LogP contribution in [0.4, 0.5) is 4.39 Å². The molecule has 86 valence electrons. The van der Waals surface area contributed by atoms with Gasteiger partial charge in [0.05, 0.1) is 0 Å². The van der Waals surface area contributed by atoms with Crippen LogP contribution in [0.15, 0.2) is 29.8 Å². The third kappa shape index (κ3) is 3.02. The van der Waals surface area contributed by atoms with Crippen molar-refractivity contribution in [3.63, 3.8) is 0 Å². The van der Waals surface area contributed by atoms with Crippen molar-refractivity contribution >= 4 is 5.78 Å². The summed E-state index contributed by atoms with van der Waals surface area (Å²) in [5, 5.41) is 0. The molecule has 1 aromatic carbocycles. The quantitative estimate of drug-likeness (QED) is 0.552. The minimum atomic E-state index is -0.325. The molecular weight excluding hydrogens is 203 g/mol. The fraction of sp³-hybridized carbons (Fsp3) is 0.357. The van der Waals surface area contributed by atoms with Crippen molar-refractivity contribution in [3.05, 3.63) is 46.8 Å². The molecular formula is C14H17FO. The third-order valence-corrected chi connectivity index (χ3v) is 2.70. The van der Waals surface area contributed by atoms with Crippen LogP contribution in [-0.2, 0) is 0 Å². The molecule has 0 bridgehead atoms. The van der Waals surface area contributed by atoms with Gasteiger partial charge in [-0.2, -0.15) is 0 Å². The van der Waals surface area contributed by atoms with E-state index in [0.29, 0.717) is 11.1 Å². The molecule has 2 heteroatoms. The summed E-state index contributed by atoms with van der Waals surface area (Å²) in [4.78, 5) is 11.8. The van der Waals surface area contributed by atoms with Crippen LogP contribution in [0.1, 0.15) is 42.6 Å². The van der Waals surface area contributed by atoms with Gasteiger partial charge in [0, 0.05) is 5.56 Å². The van der Waals surface area contributed by atoms with Crippen molar-refractivity contribution in [2.45, 2.75) is 33.6 Å². The average Bonchev–Trinajstić information content (AvgIpc) is 2.29. The van der Waals surface area contributed by atoms with E-state index < -0.39 is 0 Å². The largest absolute Gasteiger partial charge is 0.289 e. The lowest BCUT2D eigenvalue weighted by Gasteiger charge is -2.02. The van der Waals surface area contributed by atoms with E-state index in [1.165, 1.54) is 6.07 Å². The second-order valence-corrected chi connectivity index (χ2v) is 3.84. The zero-order valence-electron chi connectivity index (χ0n) is 10.0. The summed E-state index contributed by atoms with van der Waals surface area (Å²) in [5.74, 6) is -0.439. The monoisotopic (exact) mass is 220 g/mol. The van der Waals surface area contributed by atoms with Gasteiger partial charge in [0.15, 0.2) is 5.78 Å². The summed E-state index contributed by atoms with van der Waals surface area (Å²) >= 11 is 0. The van der Waals surface area contributed by atoms with E-state index in [-0.39, 0.29) is 11.6 Å². The van der Waals surface area contributed by atoms with Crippen molar-refractivity contribution in [3.8, 4) is 0 Å². The molecule has 0 saturated carbocycles. The summed E-state index contributed by atoms with van der Waals surface area (Å²) < 4.78 is 13.3. The van der Waals surface area contributed by atoms with Gasteiger partial charge in [0.25, 0.3) is 0 Å². The Bertz CT molecular complexity index is 413. The first-order chi connectivity index (χ1) is 7.58. The molecule has 1 nitrogen and oxygen atoms in total. The lowest BCUT2D eigenvalue weighted by Crippen LogP contribution is -1.98. The molecule has 0 saturated heterocycles. The number of carbonyl (C=O) groups excluding carboxylic acids is 1. The highest BCUT2D eigenvalue weighted by molar-refractivity contribution is 6.04. The molecule has 16 heavy (non-hydrogen) atoms. The number of carbonyl (C=O) groups is 1. The molecule has 1 aromatic rings. The number of aryl methyl sites for hydroxylation is 1. The summed E-state index contributed by atoms with van der Waals surface area (Å²) in [7, 11) is 0. The standard InChI is InChI=1S/C14H17FO/c1-4-11(5-2)8-14(16)12-7-6-10(3)13(15)9-12/h6-9H,4-5H2,1-3H3. The minimum Gasteiger partial charge on any atom is -0.289 e. The normalized spacial score (nSPS) is 10.0. The minimum absolute atomic E-state index is 0.113. The van der Waals surface area contributed by atoms with Crippen molar-refractivity contribution in [2.75, 3.05) is 0 Å². The van der Waals surface area contributed by atoms with Gasteiger partial charge in [0.2, 0.25) is 0 Å². The highest BCUT2D eigenvalue weighted by atomic mass is 19.1. The molecule has 1 rings (SSSR count). The van der Waals surface area contributed by atoms with Crippen molar-refractivity contribution < 1.29 is 9.18 Å². The van der Waals surface area contributed by atoms with Gasteiger partial charge in [-0.15, -0.1) is 0 Å². The number of hydrogen-bond acceptors (Lipinski definition) is 1. The number of hydrogen-bond donors (Lipinski definition) is 0.